The van der Waals surface area contributed by atoms with Gasteiger partial charge >= 0.3 is 0 Å². The van der Waals surface area contributed by atoms with Gasteiger partial charge in [-0.1, -0.05) is 6.92 Å². The molecule has 0 radical (unpaired) electrons. The van der Waals surface area contributed by atoms with E-state index in [0.29, 0.717) is 12.2 Å². The second-order valence-corrected chi connectivity index (χ2v) is 6.28. The molecule has 2 N–H and O–H groups in total. The predicted octanol–water partition coefficient (Wildman–Crippen LogP) is 0.690. The molecule has 0 aromatic carbocycles. The number of imide groups is 1. The van der Waals surface area contributed by atoms with Gasteiger partial charge in [-0.25, -0.2) is 0 Å². The first-order chi connectivity index (χ1) is 9.81. The molecular formula is C15H21NO5. The maximum absolute atomic E-state index is 12.1. The Morgan fingerprint density at radius 2 is 2.05 bits per heavy atom. The van der Waals surface area contributed by atoms with E-state index in [1.807, 2.05) is 6.92 Å². The molecule has 21 heavy (non-hydrogen) atoms. The van der Waals surface area contributed by atoms with Crippen molar-refractivity contribution in [2.75, 3.05) is 6.61 Å². The van der Waals surface area contributed by atoms with Crippen molar-refractivity contribution in [2.24, 2.45) is 11.8 Å². The van der Waals surface area contributed by atoms with Gasteiger partial charge in [-0.3, -0.25) is 19.7 Å². The third-order valence-electron chi connectivity index (χ3n) is 3.94. The Morgan fingerprint density at radius 3 is 2.57 bits per heavy atom. The van der Waals surface area contributed by atoms with Crippen LogP contribution < -0.4 is 5.32 Å². The number of allylic oxidation sites excluding steroid dienone is 2. The summed E-state index contributed by atoms with van der Waals surface area (Å²) in [4.78, 5) is 34.6. The lowest BCUT2D eigenvalue weighted by molar-refractivity contribution is -0.135. The average molecular weight is 295 g/mol. The van der Waals surface area contributed by atoms with Crippen LogP contribution in [0.3, 0.4) is 0 Å². The van der Waals surface area contributed by atoms with E-state index in [1.165, 1.54) is 6.08 Å². The Labute approximate surface area is 123 Å². The molecule has 2 rings (SSSR count). The van der Waals surface area contributed by atoms with Crippen LogP contribution >= 0.6 is 0 Å². The second-order valence-electron chi connectivity index (χ2n) is 6.28. The molecule has 2 aliphatic rings. The van der Waals surface area contributed by atoms with Crippen molar-refractivity contribution >= 4 is 17.6 Å². The first kappa shape index (κ1) is 15.7. The van der Waals surface area contributed by atoms with Crippen LogP contribution in [0.25, 0.3) is 0 Å². The second kappa shape index (κ2) is 5.97. The van der Waals surface area contributed by atoms with E-state index in [1.54, 1.807) is 6.92 Å². The molecular weight excluding hydrogens is 274 g/mol. The lowest BCUT2D eigenvalue weighted by Crippen LogP contribution is -2.39. The highest BCUT2D eigenvalue weighted by molar-refractivity contribution is 5.99. The summed E-state index contributed by atoms with van der Waals surface area (Å²) < 4.78 is 5.66. The van der Waals surface area contributed by atoms with Gasteiger partial charge in [0, 0.05) is 31.3 Å². The number of hydrogen-bond donors (Lipinski definition) is 2. The van der Waals surface area contributed by atoms with Crippen LogP contribution in [0.15, 0.2) is 11.8 Å². The molecule has 0 aromatic heterocycles. The molecule has 0 aliphatic carbocycles. The predicted molar refractivity (Wildman–Crippen MR) is 73.9 cm³/mol. The largest absolute Gasteiger partial charge is 0.489 e. The van der Waals surface area contributed by atoms with Crippen LogP contribution in [0.5, 0.6) is 0 Å². The first-order valence-corrected chi connectivity index (χ1v) is 7.18. The SMILES string of the molecule is CC1CC(C)(CO)OC1=CC(=O)CC1CC(=O)NC(=O)C1. The number of aliphatic hydroxyl groups excluding tert-OH is 1. The van der Waals surface area contributed by atoms with Crippen molar-refractivity contribution < 1.29 is 24.2 Å². The fourth-order valence-electron chi connectivity index (χ4n) is 2.94. The highest BCUT2D eigenvalue weighted by atomic mass is 16.5. The van der Waals surface area contributed by atoms with Crippen LogP contribution in [0.2, 0.25) is 0 Å². The van der Waals surface area contributed by atoms with Crippen molar-refractivity contribution in [2.45, 2.75) is 45.1 Å². The summed E-state index contributed by atoms with van der Waals surface area (Å²) in [5, 5.41) is 11.5. The number of amides is 2. The standard InChI is InChI=1S/C15H21NO5/c1-9-7-15(2,8-17)21-12(9)6-11(18)3-10-4-13(19)16-14(20)5-10/h6,9-10,17H,3-5,7-8H2,1-2H3,(H,16,19,20). The maximum atomic E-state index is 12.1. The highest BCUT2D eigenvalue weighted by Gasteiger charge is 2.38. The quantitative estimate of drug-likeness (QED) is 0.588. The number of nitrogens with one attached hydrogen (secondary N) is 1. The number of ether oxygens (including phenoxy) is 1. The van der Waals surface area contributed by atoms with Crippen LogP contribution in [-0.2, 0) is 19.1 Å². The number of hydrogen-bond acceptors (Lipinski definition) is 5. The van der Waals surface area contributed by atoms with E-state index in [9.17, 15) is 19.5 Å². The van der Waals surface area contributed by atoms with Crippen LogP contribution in [0.1, 0.15) is 39.5 Å². The first-order valence-electron chi connectivity index (χ1n) is 7.18. The third-order valence-corrected chi connectivity index (χ3v) is 3.94. The van der Waals surface area contributed by atoms with Gasteiger partial charge in [0.05, 0.1) is 6.61 Å². The summed E-state index contributed by atoms with van der Waals surface area (Å²) in [7, 11) is 0. The molecule has 6 heteroatoms. The zero-order chi connectivity index (χ0) is 15.6. The molecule has 0 aromatic rings. The summed E-state index contributed by atoms with van der Waals surface area (Å²) in [6.07, 6.45) is 2.67. The van der Waals surface area contributed by atoms with Gasteiger partial charge in [0.2, 0.25) is 11.8 Å². The number of carbonyl (C=O) groups is 3. The van der Waals surface area contributed by atoms with Gasteiger partial charge in [0.25, 0.3) is 0 Å². The van der Waals surface area contributed by atoms with Gasteiger partial charge in [-0.05, 0) is 19.3 Å². The fraction of sp³-hybridized carbons (Fsp3) is 0.667. The number of piperidine rings is 1. The average Bonchev–Trinajstić information content (AvgIpc) is 2.63. The summed E-state index contributed by atoms with van der Waals surface area (Å²) >= 11 is 0. The molecule has 2 heterocycles. The minimum Gasteiger partial charge on any atom is -0.489 e. The molecule has 6 nitrogen and oxygen atoms in total. The van der Waals surface area contributed by atoms with Gasteiger partial charge < -0.3 is 9.84 Å². The smallest absolute Gasteiger partial charge is 0.226 e. The van der Waals surface area contributed by atoms with E-state index in [2.05, 4.69) is 5.32 Å². The number of ketones is 1. The molecule has 2 saturated heterocycles. The zero-order valence-corrected chi connectivity index (χ0v) is 12.3. The Balaban J connectivity index is 1.96. The molecule has 0 bridgehead atoms. The van der Waals surface area contributed by atoms with Crippen LogP contribution in [-0.4, -0.2) is 34.9 Å². The Hall–Kier alpha value is -1.69. The van der Waals surface area contributed by atoms with E-state index in [4.69, 9.17) is 4.74 Å². The molecule has 2 unspecified atom stereocenters. The Morgan fingerprint density at radius 1 is 1.43 bits per heavy atom. The summed E-state index contributed by atoms with van der Waals surface area (Å²) in [5.41, 5.74) is -0.633. The van der Waals surface area contributed by atoms with Crippen molar-refractivity contribution in [1.29, 1.82) is 0 Å². The lowest BCUT2D eigenvalue weighted by Gasteiger charge is -2.21. The zero-order valence-electron chi connectivity index (χ0n) is 12.3. The van der Waals surface area contributed by atoms with Crippen molar-refractivity contribution in [3.05, 3.63) is 11.8 Å². The third kappa shape index (κ3) is 3.91. The van der Waals surface area contributed by atoms with E-state index in [0.717, 1.165) is 0 Å². The summed E-state index contributed by atoms with van der Waals surface area (Å²) in [6, 6.07) is 0. The minimum atomic E-state index is -0.633. The normalized spacial score (nSPS) is 32.1. The summed E-state index contributed by atoms with van der Waals surface area (Å²) in [6.45, 7) is 3.65. The van der Waals surface area contributed by atoms with Crippen molar-refractivity contribution in [3.63, 3.8) is 0 Å². The molecule has 2 atom stereocenters. The topological polar surface area (TPSA) is 92.7 Å². The van der Waals surface area contributed by atoms with Gasteiger partial charge in [-0.2, -0.15) is 0 Å². The maximum Gasteiger partial charge on any atom is 0.226 e. The fourth-order valence-corrected chi connectivity index (χ4v) is 2.94. The van der Waals surface area contributed by atoms with Crippen LogP contribution in [0.4, 0.5) is 0 Å². The lowest BCUT2D eigenvalue weighted by atomic mass is 9.91. The van der Waals surface area contributed by atoms with E-state index < -0.39 is 5.60 Å². The number of carbonyl (C=O) groups excluding carboxylic acids is 3. The van der Waals surface area contributed by atoms with E-state index >= 15 is 0 Å². The van der Waals surface area contributed by atoms with Crippen LogP contribution in [0, 0.1) is 11.8 Å². The summed E-state index contributed by atoms with van der Waals surface area (Å²) in [5.74, 6) is -0.390. The van der Waals surface area contributed by atoms with Gasteiger partial charge in [-0.15, -0.1) is 0 Å². The Bertz CT molecular complexity index is 482. The Kier molecular flexibility index (Phi) is 4.46. The van der Waals surface area contributed by atoms with Gasteiger partial charge in [0.15, 0.2) is 5.78 Å². The van der Waals surface area contributed by atoms with Gasteiger partial charge in [0.1, 0.15) is 11.4 Å². The molecule has 0 spiro atoms. The molecule has 2 amide bonds. The van der Waals surface area contributed by atoms with E-state index in [-0.39, 0.29) is 55.3 Å². The molecule has 0 saturated carbocycles. The molecule has 2 fully saturated rings. The van der Waals surface area contributed by atoms with Crippen molar-refractivity contribution in [1.82, 2.24) is 5.32 Å². The highest BCUT2D eigenvalue weighted by Crippen LogP contribution is 2.37. The minimum absolute atomic E-state index is 0.0717. The monoisotopic (exact) mass is 295 g/mol. The molecule has 2 aliphatic heterocycles. The van der Waals surface area contributed by atoms with Crippen molar-refractivity contribution in [3.8, 4) is 0 Å². The number of rotatable bonds is 4. The number of aliphatic hydroxyl groups is 1. The molecule has 116 valence electrons.